The smallest absolute Gasteiger partial charge is 0.243 e. The van der Waals surface area contributed by atoms with Crippen LogP contribution in [-0.4, -0.2) is 62.3 Å². The molecule has 1 aliphatic rings. The van der Waals surface area contributed by atoms with Gasteiger partial charge in [-0.2, -0.15) is 4.31 Å². The summed E-state index contributed by atoms with van der Waals surface area (Å²) in [5.41, 5.74) is 0. The van der Waals surface area contributed by atoms with Gasteiger partial charge in [0, 0.05) is 32.7 Å². The lowest BCUT2D eigenvalue weighted by Crippen LogP contribution is -2.54. The molecular formula is C16H25N3O3S. The molecule has 23 heavy (non-hydrogen) atoms. The highest BCUT2D eigenvalue weighted by atomic mass is 32.2. The number of hydrogen-bond acceptors (Lipinski definition) is 4. The Morgan fingerprint density at radius 3 is 2.35 bits per heavy atom. The van der Waals surface area contributed by atoms with Crippen molar-refractivity contribution < 1.29 is 13.2 Å². The van der Waals surface area contributed by atoms with E-state index in [1.807, 2.05) is 18.7 Å². The van der Waals surface area contributed by atoms with E-state index in [0.717, 1.165) is 6.42 Å². The minimum Gasteiger partial charge on any atom is -0.355 e. The van der Waals surface area contributed by atoms with Crippen LogP contribution in [0.25, 0.3) is 0 Å². The van der Waals surface area contributed by atoms with Crippen molar-refractivity contribution in [3.63, 3.8) is 0 Å². The topological polar surface area (TPSA) is 69.7 Å². The highest BCUT2D eigenvalue weighted by Crippen LogP contribution is 2.18. The van der Waals surface area contributed by atoms with Gasteiger partial charge in [0.1, 0.15) is 0 Å². The number of nitrogens with one attached hydrogen (secondary N) is 1. The second kappa shape index (κ2) is 7.90. The third kappa shape index (κ3) is 4.31. The fourth-order valence-corrected chi connectivity index (χ4v) is 4.08. The summed E-state index contributed by atoms with van der Waals surface area (Å²) in [5.74, 6) is 0.00576. The molecule has 1 heterocycles. The summed E-state index contributed by atoms with van der Waals surface area (Å²) >= 11 is 0. The summed E-state index contributed by atoms with van der Waals surface area (Å²) in [4.78, 5) is 14.4. The largest absolute Gasteiger partial charge is 0.355 e. The second-order valence-corrected chi connectivity index (χ2v) is 7.66. The molecule has 1 N–H and O–H groups in total. The van der Waals surface area contributed by atoms with Gasteiger partial charge in [0.05, 0.1) is 10.9 Å². The monoisotopic (exact) mass is 339 g/mol. The predicted octanol–water partition coefficient (Wildman–Crippen LogP) is 0.908. The van der Waals surface area contributed by atoms with Crippen LogP contribution in [0, 0.1) is 0 Å². The van der Waals surface area contributed by atoms with E-state index in [4.69, 9.17) is 0 Å². The van der Waals surface area contributed by atoms with Crippen molar-refractivity contribution >= 4 is 15.9 Å². The molecule has 1 fully saturated rings. The van der Waals surface area contributed by atoms with Crippen LogP contribution in [0.3, 0.4) is 0 Å². The van der Waals surface area contributed by atoms with E-state index in [-0.39, 0.29) is 11.9 Å². The fourth-order valence-electron chi connectivity index (χ4n) is 2.63. The summed E-state index contributed by atoms with van der Waals surface area (Å²) in [6, 6.07) is 8.24. The van der Waals surface area contributed by atoms with Gasteiger partial charge in [0.15, 0.2) is 0 Å². The first kappa shape index (κ1) is 17.9. The zero-order chi connectivity index (χ0) is 16.9. The minimum absolute atomic E-state index is 0.00576. The summed E-state index contributed by atoms with van der Waals surface area (Å²) < 4.78 is 26.6. The van der Waals surface area contributed by atoms with Gasteiger partial charge in [-0.15, -0.1) is 0 Å². The Hall–Kier alpha value is -1.44. The molecule has 0 aliphatic carbocycles. The molecule has 1 aliphatic heterocycles. The SMILES string of the molecule is CCCNC(=O)[C@H](C)N1CCN(S(=O)(=O)c2ccccc2)CC1. The van der Waals surface area contributed by atoms with Gasteiger partial charge in [-0.25, -0.2) is 8.42 Å². The van der Waals surface area contributed by atoms with Crippen LogP contribution < -0.4 is 5.32 Å². The van der Waals surface area contributed by atoms with Gasteiger partial charge in [-0.05, 0) is 25.5 Å². The van der Waals surface area contributed by atoms with E-state index in [0.29, 0.717) is 37.6 Å². The Labute approximate surface area is 138 Å². The van der Waals surface area contributed by atoms with Crippen molar-refractivity contribution in [3.05, 3.63) is 30.3 Å². The number of rotatable bonds is 6. The van der Waals surface area contributed by atoms with Gasteiger partial charge < -0.3 is 5.32 Å². The Morgan fingerprint density at radius 1 is 1.17 bits per heavy atom. The Bertz CT molecular complexity index is 611. The maximum Gasteiger partial charge on any atom is 0.243 e. The molecule has 0 spiro atoms. The molecule has 1 aromatic rings. The standard InChI is InChI=1S/C16H25N3O3S/c1-3-9-17-16(20)14(2)18-10-12-19(13-11-18)23(21,22)15-7-5-4-6-8-15/h4-8,14H,3,9-13H2,1-2H3,(H,17,20)/t14-/m0/s1. The summed E-state index contributed by atoms with van der Waals surface area (Å²) in [6.45, 7) is 6.49. The highest BCUT2D eigenvalue weighted by Gasteiger charge is 2.31. The molecule has 0 radical (unpaired) electrons. The third-order valence-electron chi connectivity index (χ3n) is 4.13. The molecule has 1 aromatic carbocycles. The number of carbonyl (C=O) groups excluding carboxylic acids is 1. The van der Waals surface area contributed by atoms with E-state index >= 15 is 0 Å². The number of carbonyl (C=O) groups is 1. The number of amides is 1. The van der Waals surface area contributed by atoms with Crippen LogP contribution in [0.15, 0.2) is 35.2 Å². The number of piperazine rings is 1. The van der Waals surface area contributed by atoms with Crippen LogP contribution in [0.1, 0.15) is 20.3 Å². The lowest BCUT2D eigenvalue weighted by molar-refractivity contribution is -0.126. The lowest BCUT2D eigenvalue weighted by atomic mass is 10.2. The number of benzene rings is 1. The summed E-state index contributed by atoms with van der Waals surface area (Å²) in [7, 11) is -3.44. The number of nitrogens with zero attached hydrogens (tertiary/aromatic N) is 2. The van der Waals surface area contributed by atoms with Crippen molar-refractivity contribution in [1.82, 2.24) is 14.5 Å². The van der Waals surface area contributed by atoms with E-state index in [1.54, 1.807) is 30.3 Å². The Balaban J connectivity index is 1.95. The molecule has 1 amide bonds. The quantitative estimate of drug-likeness (QED) is 0.836. The molecule has 0 bridgehead atoms. The first-order valence-electron chi connectivity index (χ1n) is 8.03. The van der Waals surface area contributed by atoms with Crippen molar-refractivity contribution in [2.75, 3.05) is 32.7 Å². The van der Waals surface area contributed by atoms with Gasteiger partial charge in [-0.3, -0.25) is 9.69 Å². The molecule has 0 unspecified atom stereocenters. The van der Waals surface area contributed by atoms with E-state index < -0.39 is 10.0 Å². The minimum atomic E-state index is -3.44. The Morgan fingerprint density at radius 2 is 1.78 bits per heavy atom. The average Bonchev–Trinajstić information content (AvgIpc) is 2.59. The van der Waals surface area contributed by atoms with Gasteiger partial charge >= 0.3 is 0 Å². The van der Waals surface area contributed by atoms with Crippen molar-refractivity contribution in [2.24, 2.45) is 0 Å². The maximum absolute atomic E-state index is 12.6. The molecule has 2 rings (SSSR count). The Kier molecular flexibility index (Phi) is 6.15. The molecule has 1 saturated heterocycles. The van der Waals surface area contributed by atoms with Crippen LogP contribution >= 0.6 is 0 Å². The first-order chi connectivity index (χ1) is 11.0. The number of sulfonamides is 1. The van der Waals surface area contributed by atoms with E-state index in [2.05, 4.69) is 5.32 Å². The molecule has 0 aromatic heterocycles. The van der Waals surface area contributed by atoms with Crippen LogP contribution in [-0.2, 0) is 14.8 Å². The van der Waals surface area contributed by atoms with Crippen molar-refractivity contribution in [2.45, 2.75) is 31.2 Å². The highest BCUT2D eigenvalue weighted by molar-refractivity contribution is 7.89. The molecule has 6 nitrogen and oxygen atoms in total. The fraction of sp³-hybridized carbons (Fsp3) is 0.562. The molecule has 128 valence electrons. The van der Waals surface area contributed by atoms with Gasteiger partial charge in [0.2, 0.25) is 15.9 Å². The van der Waals surface area contributed by atoms with E-state index in [1.165, 1.54) is 4.31 Å². The van der Waals surface area contributed by atoms with Crippen molar-refractivity contribution in [3.8, 4) is 0 Å². The van der Waals surface area contributed by atoms with Crippen LogP contribution in [0.4, 0.5) is 0 Å². The average molecular weight is 339 g/mol. The van der Waals surface area contributed by atoms with E-state index in [9.17, 15) is 13.2 Å². The summed E-state index contributed by atoms with van der Waals surface area (Å²) in [5, 5.41) is 2.88. The lowest BCUT2D eigenvalue weighted by Gasteiger charge is -2.36. The predicted molar refractivity (Wildman–Crippen MR) is 89.5 cm³/mol. The van der Waals surface area contributed by atoms with Gasteiger partial charge in [-0.1, -0.05) is 25.1 Å². The third-order valence-corrected chi connectivity index (χ3v) is 6.04. The first-order valence-corrected chi connectivity index (χ1v) is 9.47. The van der Waals surface area contributed by atoms with Crippen LogP contribution in [0.5, 0.6) is 0 Å². The second-order valence-electron chi connectivity index (χ2n) is 5.72. The maximum atomic E-state index is 12.6. The number of hydrogen-bond donors (Lipinski definition) is 1. The molecule has 7 heteroatoms. The molecular weight excluding hydrogens is 314 g/mol. The van der Waals surface area contributed by atoms with Gasteiger partial charge in [0.25, 0.3) is 0 Å². The summed E-state index contributed by atoms with van der Waals surface area (Å²) in [6.07, 6.45) is 0.904. The van der Waals surface area contributed by atoms with Crippen LogP contribution in [0.2, 0.25) is 0 Å². The zero-order valence-electron chi connectivity index (χ0n) is 13.7. The normalized spacial score (nSPS) is 18.5. The molecule has 0 saturated carbocycles. The molecule has 1 atom stereocenters. The zero-order valence-corrected chi connectivity index (χ0v) is 14.6. The van der Waals surface area contributed by atoms with Crippen molar-refractivity contribution in [1.29, 1.82) is 0 Å².